The van der Waals surface area contributed by atoms with Gasteiger partial charge in [-0.25, -0.2) is 14.4 Å². The van der Waals surface area contributed by atoms with Crippen molar-refractivity contribution in [1.82, 2.24) is 20.6 Å². The average Bonchev–Trinajstić information content (AvgIpc) is 1.58. The SMILES string of the molecule is CO[C@@H]1/C=C/C=C(\C)Cc2cc(C)c(Cl)c(c2)N(C)C(=O)C[C@H](OC(=O)[C@H](C)N(C)C(=O)c2ccc(CC(=O)[C@H](CCCNC(N)=O)NC(=O)[C@@H](CC(=O)CCCCC(=O)ON3C(=O)CCC3=O)C(C)C)cc2C(F)(F)F)[C@]2(C)O[C@H]2[C@H](C)[C@@H]2C[C@@]1(O)CC(=O)O2. The van der Waals surface area contributed by atoms with Crippen LogP contribution < -0.4 is 21.3 Å². The lowest BCUT2D eigenvalue weighted by Crippen LogP contribution is -2.53. The number of hydroxylamine groups is 2. The number of anilines is 1. The Labute approximate surface area is 531 Å². The lowest BCUT2D eigenvalue weighted by atomic mass is 9.78. The highest BCUT2D eigenvalue weighted by molar-refractivity contribution is 6.34. The molecule has 5 N–H and O–H groups in total. The van der Waals surface area contributed by atoms with Crippen molar-refractivity contribution in [2.45, 2.75) is 192 Å². The topological polar surface area (TPSA) is 317 Å². The Hall–Kier alpha value is -7.55. The molecule has 4 aliphatic heterocycles. The number of carbonyl (C=O) groups is 11. The van der Waals surface area contributed by atoms with Crippen molar-refractivity contribution in [3.8, 4) is 0 Å². The van der Waals surface area contributed by atoms with Gasteiger partial charge in [-0.1, -0.05) is 68.3 Å². The monoisotopic (exact) mass is 1300 g/mol. The number of aryl methyl sites for hydroxylation is 1. The summed E-state index contributed by atoms with van der Waals surface area (Å²) < 4.78 is 69.3. The van der Waals surface area contributed by atoms with Crippen LogP contribution >= 0.6 is 11.6 Å². The molecule has 6 rings (SSSR count). The molecule has 498 valence electrons. The van der Waals surface area contributed by atoms with Crippen molar-refractivity contribution in [2.24, 2.45) is 23.5 Å². The molecule has 23 nitrogen and oxygen atoms in total. The number of Topliss-reactive ketones (excluding diaryl/α,β-unsaturated/α-hetero) is 2. The molecule has 2 aromatic carbocycles. The number of amides is 7. The van der Waals surface area contributed by atoms with Crippen LogP contribution in [-0.2, 0) is 86.0 Å². The molecule has 0 aliphatic carbocycles. The average molecular weight is 1300 g/mol. The number of benzene rings is 2. The van der Waals surface area contributed by atoms with E-state index in [4.69, 9.17) is 41.1 Å². The summed E-state index contributed by atoms with van der Waals surface area (Å²) in [6.07, 6.45) is -5.96. The molecule has 10 atom stereocenters. The zero-order valence-electron chi connectivity index (χ0n) is 52.8. The molecule has 0 aromatic heterocycles. The number of nitrogens with zero attached hydrogens (tertiary/aromatic N) is 3. The molecule has 0 radical (unpaired) electrons. The third-order valence-corrected chi connectivity index (χ3v) is 17.7. The molecule has 3 fully saturated rings. The van der Waals surface area contributed by atoms with Gasteiger partial charge < -0.3 is 55.1 Å². The number of urea groups is 1. The molecule has 0 spiro atoms. The maximum atomic E-state index is 15.1. The van der Waals surface area contributed by atoms with E-state index in [1.807, 2.05) is 19.1 Å². The third-order valence-electron chi connectivity index (χ3n) is 17.3. The van der Waals surface area contributed by atoms with Crippen molar-refractivity contribution < 1.29 is 94.8 Å². The van der Waals surface area contributed by atoms with Crippen LogP contribution in [0.3, 0.4) is 0 Å². The number of primary amides is 1. The third kappa shape index (κ3) is 18.6. The number of alkyl halides is 3. The van der Waals surface area contributed by atoms with Crippen LogP contribution in [0.2, 0.25) is 5.02 Å². The fraction of sp³-hybridized carbons (Fsp3) is 0.578. The van der Waals surface area contributed by atoms with Gasteiger partial charge in [0.1, 0.15) is 41.3 Å². The zero-order valence-corrected chi connectivity index (χ0v) is 53.6. The molecular weight excluding hydrogens is 1220 g/mol. The maximum Gasteiger partial charge on any atom is 0.417 e. The van der Waals surface area contributed by atoms with E-state index in [1.54, 1.807) is 52.8 Å². The first-order valence-electron chi connectivity index (χ1n) is 30.2. The van der Waals surface area contributed by atoms with Gasteiger partial charge in [0.15, 0.2) is 5.78 Å². The summed E-state index contributed by atoms with van der Waals surface area (Å²) in [6.45, 7) is 11.4. The summed E-state index contributed by atoms with van der Waals surface area (Å²) in [5, 5.41) is 17.7. The van der Waals surface area contributed by atoms with E-state index in [9.17, 15) is 57.8 Å². The fourth-order valence-electron chi connectivity index (χ4n) is 11.6. The first-order chi connectivity index (χ1) is 42.6. The quantitative estimate of drug-likeness (QED) is 0.0383. The van der Waals surface area contributed by atoms with Crippen LogP contribution in [0, 0.1) is 24.7 Å². The molecule has 0 saturated carbocycles. The number of nitrogens with two attached hydrogens (primary N) is 1. The second-order valence-electron chi connectivity index (χ2n) is 24.6. The molecule has 4 bridgehead atoms. The van der Waals surface area contributed by atoms with Gasteiger partial charge in [-0.2, -0.15) is 13.2 Å². The molecular formula is C64H82ClF3N6O17. The fourth-order valence-corrected chi connectivity index (χ4v) is 11.8. The number of rotatable bonds is 23. The molecule has 0 unspecified atom stereocenters. The summed E-state index contributed by atoms with van der Waals surface area (Å²) in [5.41, 5.74) is 2.07. The van der Waals surface area contributed by atoms with E-state index < -0.39 is 161 Å². The molecule has 2 aromatic rings. The maximum absolute atomic E-state index is 15.1. The number of ketones is 2. The van der Waals surface area contributed by atoms with Crippen LogP contribution in [0.25, 0.3) is 0 Å². The second-order valence-corrected chi connectivity index (χ2v) is 25.0. The number of aliphatic hydroxyl groups is 1. The Bertz CT molecular complexity index is 3190. The van der Waals surface area contributed by atoms with Crippen LogP contribution in [-0.4, -0.2) is 156 Å². The van der Waals surface area contributed by atoms with E-state index in [0.29, 0.717) is 28.8 Å². The number of hydrogen-bond donors (Lipinski definition) is 4. The van der Waals surface area contributed by atoms with Crippen molar-refractivity contribution in [2.75, 3.05) is 32.6 Å². The lowest BCUT2D eigenvalue weighted by molar-refractivity contribution is -0.197. The minimum absolute atomic E-state index is 0.0435. The summed E-state index contributed by atoms with van der Waals surface area (Å²) in [6, 6.07) is 2.33. The van der Waals surface area contributed by atoms with Gasteiger partial charge >= 0.3 is 30.1 Å². The molecule has 3 saturated heterocycles. The Kier molecular flexibility index (Phi) is 24.5. The van der Waals surface area contributed by atoms with E-state index in [-0.39, 0.29) is 87.1 Å². The number of esters is 2. The number of fused-ring (bicyclic) bond motifs is 5. The van der Waals surface area contributed by atoms with Gasteiger partial charge in [0.05, 0.1) is 46.8 Å². The Morgan fingerprint density at radius 3 is 2.27 bits per heavy atom. The lowest BCUT2D eigenvalue weighted by Gasteiger charge is -2.41. The van der Waals surface area contributed by atoms with Crippen LogP contribution in [0.1, 0.15) is 151 Å². The van der Waals surface area contributed by atoms with Crippen molar-refractivity contribution >= 4 is 82.3 Å². The molecule has 91 heavy (non-hydrogen) atoms. The summed E-state index contributed by atoms with van der Waals surface area (Å²) in [5.74, 6) is -9.83. The van der Waals surface area contributed by atoms with Crippen LogP contribution in [0.4, 0.5) is 23.7 Å². The predicted octanol–water partition coefficient (Wildman–Crippen LogP) is 6.84. The minimum Gasteiger partial charge on any atom is -0.462 e. The van der Waals surface area contributed by atoms with E-state index in [2.05, 4.69) is 10.6 Å². The number of carbonyl (C=O) groups excluding carboxylic acids is 11. The minimum atomic E-state index is -5.21. The highest BCUT2D eigenvalue weighted by atomic mass is 35.5. The standard InChI is InChI=1S/C64H82ClF3N6O17/c1-34(2)43(30-41(75)16-11-12-19-54(80)91-74-51(77)22-23-52(74)78)58(82)71-45(17-14-24-70-61(69)85)47(76)29-39-20-21-42(44(27-39)64(66,67)68)59(83)72(8)38(6)60(84)89-50-31-53(79)73(9)46-28-40(26-36(4)56(46)65)25-35(3)15-13-18-49(87-10)63(86)32-48(88-55(81)33-63)37(5)57-62(50,7)90-57/h13,15,18,20-21,26-28,34,37-38,43,45,48-50,57,86H,11-12,14,16-17,19,22-25,29-33H2,1-10H3,(H,71,82)(H3,69,70,85)/b18-13+,35-15+/t37-,38+,43+,45+,48+,49-,50+,57+,62+,63-/m1/s1. The van der Waals surface area contributed by atoms with Crippen molar-refractivity contribution in [3.63, 3.8) is 0 Å². The number of allylic oxidation sites excluding steroid dienone is 3. The Morgan fingerprint density at radius 2 is 1.64 bits per heavy atom. The Morgan fingerprint density at radius 1 is 0.967 bits per heavy atom. The van der Waals surface area contributed by atoms with Gasteiger partial charge in [-0.05, 0) is 101 Å². The van der Waals surface area contributed by atoms with Crippen LogP contribution in [0.15, 0.2) is 54.1 Å². The van der Waals surface area contributed by atoms with Crippen molar-refractivity contribution in [1.29, 1.82) is 0 Å². The van der Waals surface area contributed by atoms with Gasteiger partial charge in [-0.15, -0.1) is 5.06 Å². The first-order valence-corrected chi connectivity index (χ1v) is 30.6. The largest absolute Gasteiger partial charge is 0.462 e. The highest BCUT2D eigenvalue weighted by Crippen LogP contribution is 2.50. The van der Waals surface area contributed by atoms with Gasteiger partial charge in [0.25, 0.3) is 17.7 Å². The number of halogens is 4. The van der Waals surface area contributed by atoms with Gasteiger partial charge in [0.2, 0.25) is 11.8 Å². The number of likely N-dealkylation sites (N-methyl/N-ethyl adjacent to an activating group) is 1. The van der Waals surface area contributed by atoms with Crippen molar-refractivity contribution in [3.05, 3.63) is 87.0 Å². The molecule has 27 heteroatoms. The first kappa shape index (κ1) is 72.5. The molecule has 7 amide bonds. The highest BCUT2D eigenvalue weighted by Gasteiger charge is 2.64. The number of epoxide rings is 1. The molecule has 4 aliphatic rings. The van der Waals surface area contributed by atoms with Crippen LogP contribution in [0.5, 0.6) is 0 Å². The van der Waals surface area contributed by atoms with Gasteiger partial charge in [-0.3, -0.25) is 38.4 Å². The number of methoxy groups -OCH3 is 1. The summed E-state index contributed by atoms with van der Waals surface area (Å²) in [4.78, 5) is 152. The second kappa shape index (κ2) is 30.7. The van der Waals surface area contributed by atoms with E-state index in [0.717, 1.165) is 35.2 Å². The number of unbranched alkanes of at least 4 members (excludes halogenated alkanes) is 1. The summed E-state index contributed by atoms with van der Waals surface area (Å²) >= 11 is 6.83. The number of imide groups is 1. The number of hydrogen-bond acceptors (Lipinski definition) is 17. The van der Waals surface area contributed by atoms with Gasteiger partial charge in [0, 0.05) is 84.5 Å². The predicted molar refractivity (Wildman–Crippen MR) is 322 cm³/mol. The zero-order chi connectivity index (χ0) is 67.6. The smallest absolute Gasteiger partial charge is 0.417 e. The normalized spacial score (nSPS) is 24.8. The number of nitrogens with one attached hydrogen (secondary N) is 2. The van der Waals surface area contributed by atoms with E-state index >= 15 is 13.2 Å². The summed E-state index contributed by atoms with van der Waals surface area (Å²) in [7, 11) is 3.97. The Balaban J connectivity index is 1.19. The molecule has 4 heterocycles. The van der Waals surface area contributed by atoms with E-state index in [1.165, 1.54) is 26.0 Å². The number of ether oxygens (including phenoxy) is 4.